The molecule has 2 aliphatic rings. The molecule has 34 heteroatoms. The van der Waals surface area contributed by atoms with Gasteiger partial charge < -0.3 is 153 Å². The smallest absolute Gasteiger partial charge is 0.407 e. The van der Waals surface area contributed by atoms with Crippen LogP contribution in [-0.2, 0) is 148 Å². The fourth-order valence-corrected chi connectivity index (χ4v) is 15.3. The van der Waals surface area contributed by atoms with Crippen molar-refractivity contribution in [1.82, 2.24) is 10.6 Å². The highest BCUT2D eigenvalue weighted by molar-refractivity contribution is 5.86. The zero-order valence-electron chi connectivity index (χ0n) is 83.9. The maximum atomic E-state index is 12.5. The molecule has 34 nitrogen and oxygen atoms in total. The molecule has 0 saturated heterocycles. The van der Waals surface area contributed by atoms with Crippen LogP contribution in [0, 0.1) is 0 Å². The van der Waals surface area contributed by atoms with E-state index in [1.54, 1.807) is 14.2 Å². The van der Waals surface area contributed by atoms with Crippen LogP contribution in [0.25, 0.3) is 44.5 Å². The van der Waals surface area contributed by atoms with E-state index < -0.39 is 6.09 Å². The second-order valence-electron chi connectivity index (χ2n) is 32.5. The van der Waals surface area contributed by atoms with Crippen molar-refractivity contribution in [2.45, 2.75) is 56.3 Å². The molecule has 0 radical (unpaired) electrons. The number of rotatable bonds is 99. The van der Waals surface area contributed by atoms with Gasteiger partial charge >= 0.3 is 6.09 Å². The van der Waals surface area contributed by atoms with E-state index in [0.29, 0.717) is 376 Å². The standard InChI is InChI=1S/C107H162N2O32/c1-112-38-40-114-33-12-29-107(30-13-34-115-41-39-113-2)103-88-93(91-14-4-3-5-15-91)22-26-100(103)101-27-23-94(89-104(101)107)92-20-24-95(25-21-92)140-35-11-10-31-108-105(110)28-36-116-42-44-118-46-48-120-50-52-122-54-56-124-58-60-126-62-64-128-66-68-130-70-72-132-74-76-134-78-80-136-82-84-138-86-87-139-85-83-137-81-79-135-77-75-133-73-71-131-69-67-129-65-63-127-61-59-125-57-55-123-53-51-121-49-47-119-45-43-117-37-32-109-106(111)141-90-102-98-18-8-6-16-96(98)97-17-7-9-19-99(97)102/h3-9,14-27,88-89,102H,10-13,28-87,90H2,1-2H3,(H,108,110)(H,109,111). The van der Waals surface area contributed by atoms with Crippen molar-refractivity contribution in [3.05, 3.63) is 162 Å². The summed E-state index contributed by atoms with van der Waals surface area (Å²) >= 11 is 0. The van der Waals surface area contributed by atoms with Crippen LogP contribution in [0.15, 0.2) is 140 Å². The van der Waals surface area contributed by atoms with Crippen LogP contribution >= 0.6 is 0 Å². The van der Waals surface area contributed by atoms with Gasteiger partial charge in [-0.2, -0.15) is 0 Å². The number of benzene rings is 6. The van der Waals surface area contributed by atoms with E-state index in [1.165, 1.54) is 55.6 Å². The molecule has 2 amide bonds. The van der Waals surface area contributed by atoms with E-state index in [9.17, 15) is 9.59 Å². The van der Waals surface area contributed by atoms with Crippen molar-refractivity contribution in [2.24, 2.45) is 0 Å². The third-order valence-electron chi connectivity index (χ3n) is 22.4. The number of alkyl carbamates (subject to hydrolysis) is 1. The van der Waals surface area contributed by atoms with Gasteiger partial charge in [0.15, 0.2) is 0 Å². The van der Waals surface area contributed by atoms with Gasteiger partial charge in [-0.1, -0.05) is 115 Å². The van der Waals surface area contributed by atoms with Crippen molar-refractivity contribution >= 4 is 12.0 Å². The minimum absolute atomic E-state index is 0.0233. The number of nitrogens with one attached hydrogen (secondary N) is 2. The van der Waals surface area contributed by atoms with E-state index in [1.807, 2.05) is 36.4 Å². The topological polar surface area (TPSA) is 335 Å². The summed E-state index contributed by atoms with van der Waals surface area (Å²) in [4.78, 5) is 24.8. The number of unbranched alkanes of at least 4 members (excludes halogenated alkanes) is 1. The predicted octanol–water partition coefficient (Wildman–Crippen LogP) is 11.8. The van der Waals surface area contributed by atoms with E-state index >= 15 is 0 Å². The first-order valence-electron chi connectivity index (χ1n) is 50.4. The fourth-order valence-electron chi connectivity index (χ4n) is 15.3. The molecule has 0 unspecified atom stereocenters. The molecule has 0 aliphatic heterocycles. The van der Waals surface area contributed by atoms with Crippen LogP contribution in [-0.4, -0.2) is 409 Å². The Kier molecular flexibility index (Phi) is 69.9. The predicted molar refractivity (Wildman–Crippen MR) is 532 cm³/mol. The van der Waals surface area contributed by atoms with Gasteiger partial charge in [-0.15, -0.1) is 0 Å². The first-order valence-corrected chi connectivity index (χ1v) is 50.4. The summed E-state index contributed by atoms with van der Waals surface area (Å²) in [5.41, 5.74) is 14.5. The third-order valence-corrected chi connectivity index (χ3v) is 22.4. The lowest BCUT2D eigenvalue weighted by Crippen LogP contribution is -2.29. The number of methoxy groups -OCH3 is 2. The van der Waals surface area contributed by atoms with Crippen LogP contribution in [0.5, 0.6) is 5.75 Å². The highest BCUT2D eigenvalue weighted by atomic mass is 16.6. The average molecular weight is 1990 g/mol. The number of carbonyl (C=O) groups is 2. The fraction of sp³-hybridized carbons (Fsp3) is 0.645. The SMILES string of the molecule is COCCOCCCC1(CCCOCCOC)c2cc(-c3ccccc3)ccc2-c2ccc(-c3ccc(OCCCCNC(=O)CCOCCOCCOCCOCCOCCOCCOCCOCCOCCOCCOCCOCCOCCOCCOCCOCCOCCOCCOCCOCCOCCOCCOCCOCCNC(=O)OCC4c5ccccc5-c5ccccc54)cc3)cc21. The molecule has 0 bridgehead atoms. The van der Waals surface area contributed by atoms with Crippen molar-refractivity contribution in [3.8, 4) is 50.3 Å². The van der Waals surface area contributed by atoms with E-state index in [-0.39, 0.29) is 30.3 Å². The second-order valence-corrected chi connectivity index (χ2v) is 32.5. The third kappa shape index (κ3) is 54.1. The second kappa shape index (κ2) is 82.9. The van der Waals surface area contributed by atoms with Gasteiger partial charge in [0, 0.05) is 58.3 Å². The lowest BCUT2D eigenvalue weighted by atomic mass is 9.70. The van der Waals surface area contributed by atoms with E-state index in [2.05, 4.69) is 114 Å². The molecular weight excluding hydrogens is 1830 g/mol. The van der Waals surface area contributed by atoms with Crippen molar-refractivity contribution in [2.75, 3.05) is 397 Å². The molecule has 8 rings (SSSR count). The number of ether oxygens (including phenoxy) is 30. The van der Waals surface area contributed by atoms with Gasteiger partial charge in [0.1, 0.15) is 12.4 Å². The molecule has 0 atom stereocenters. The average Bonchev–Trinajstić information content (AvgIpc) is 1.56. The molecule has 792 valence electrons. The van der Waals surface area contributed by atoms with Crippen LogP contribution in [0.3, 0.4) is 0 Å². The Morgan fingerprint density at radius 3 is 0.865 bits per heavy atom. The Morgan fingerprint density at radius 2 is 0.532 bits per heavy atom. The largest absolute Gasteiger partial charge is 0.494 e. The van der Waals surface area contributed by atoms with Crippen LogP contribution in [0.4, 0.5) is 4.79 Å². The summed E-state index contributed by atoms with van der Waals surface area (Å²) in [5.74, 6) is 0.793. The molecule has 6 aromatic carbocycles. The normalized spacial score (nSPS) is 12.5. The zero-order valence-corrected chi connectivity index (χ0v) is 83.9. The minimum Gasteiger partial charge on any atom is -0.494 e. The van der Waals surface area contributed by atoms with E-state index in [0.717, 1.165) is 55.4 Å². The molecule has 2 N–H and O–H groups in total. The van der Waals surface area contributed by atoms with Crippen molar-refractivity contribution in [3.63, 3.8) is 0 Å². The summed E-state index contributed by atoms with van der Waals surface area (Å²) in [5, 5.41) is 5.74. The minimum atomic E-state index is -0.461. The highest BCUT2D eigenvalue weighted by Crippen LogP contribution is 2.56. The zero-order chi connectivity index (χ0) is 98.6. The lowest BCUT2D eigenvalue weighted by molar-refractivity contribution is -0.122. The van der Waals surface area contributed by atoms with Gasteiger partial charge in [0.05, 0.1) is 350 Å². The first kappa shape index (κ1) is 119. The number of hydrogen-bond acceptors (Lipinski definition) is 32. The molecule has 0 saturated carbocycles. The van der Waals surface area contributed by atoms with Crippen LogP contribution in [0.1, 0.15) is 73.1 Å². The summed E-state index contributed by atoms with van der Waals surface area (Å²) in [6, 6.07) is 49.5. The summed E-state index contributed by atoms with van der Waals surface area (Å²) in [7, 11) is 3.41. The van der Waals surface area contributed by atoms with Gasteiger partial charge in [-0.25, -0.2) is 4.79 Å². The van der Waals surface area contributed by atoms with Gasteiger partial charge in [-0.05, 0) is 130 Å². The maximum Gasteiger partial charge on any atom is 0.407 e. The van der Waals surface area contributed by atoms with Gasteiger partial charge in [0.2, 0.25) is 5.91 Å². The molecule has 2 aliphatic carbocycles. The molecular formula is C107H162N2O32. The Hall–Kier alpha value is -7.26. The lowest BCUT2D eigenvalue weighted by Gasteiger charge is -2.33. The molecule has 0 spiro atoms. The maximum absolute atomic E-state index is 12.5. The number of amides is 2. The highest BCUT2D eigenvalue weighted by Gasteiger charge is 2.43. The number of fused-ring (bicyclic) bond motifs is 6. The Balaban J connectivity index is 0.448. The molecule has 141 heavy (non-hydrogen) atoms. The molecule has 0 fully saturated rings. The van der Waals surface area contributed by atoms with Gasteiger partial charge in [0.25, 0.3) is 0 Å². The Morgan fingerprint density at radius 1 is 0.248 bits per heavy atom. The van der Waals surface area contributed by atoms with Gasteiger partial charge in [-0.3, -0.25) is 4.79 Å². The number of carbonyl (C=O) groups excluding carboxylic acids is 2. The molecule has 0 aromatic heterocycles. The Bertz CT molecular complexity index is 3930. The first-order chi connectivity index (χ1) is 70.0. The van der Waals surface area contributed by atoms with E-state index in [4.69, 9.17) is 142 Å². The summed E-state index contributed by atoms with van der Waals surface area (Å²) in [6.45, 7) is 27.3. The summed E-state index contributed by atoms with van der Waals surface area (Å²) in [6.07, 6.45) is 5.11. The van der Waals surface area contributed by atoms with Crippen LogP contribution in [0.2, 0.25) is 0 Å². The number of hydrogen-bond donors (Lipinski definition) is 2. The quantitative estimate of drug-likeness (QED) is 0.0335. The molecule has 6 aromatic rings. The summed E-state index contributed by atoms with van der Waals surface area (Å²) < 4.78 is 168. The molecule has 0 heterocycles. The monoisotopic (exact) mass is 1990 g/mol. The Labute approximate surface area is 835 Å². The van der Waals surface area contributed by atoms with Crippen molar-refractivity contribution < 1.29 is 152 Å². The van der Waals surface area contributed by atoms with Crippen LogP contribution < -0.4 is 15.4 Å². The van der Waals surface area contributed by atoms with Crippen molar-refractivity contribution in [1.29, 1.82) is 0 Å².